The van der Waals surface area contributed by atoms with E-state index in [1.807, 2.05) is 68.0 Å². The van der Waals surface area contributed by atoms with Crippen molar-refractivity contribution in [2.45, 2.75) is 45.4 Å². The number of alkyl carbamates (subject to hydrolysis) is 1. The lowest BCUT2D eigenvalue weighted by Crippen LogP contribution is -2.44. The van der Waals surface area contributed by atoms with Crippen LogP contribution in [0.4, 0.5) is 4.79 Å². The van der Waals surface area contributed by atoms with Gasteiger partial charge in [-0.05, 0) is 45.4 Å². The Balaban J connectivity index is 1.50. The van der Waals surface area contributed by atoms with E-state index in [1.165, 1.54) is 0 Å². The second kappa shape index (κ2) is 8.98. The van der Waals surface area contributed by atoms with E-state index in [9.17, 15) is 4.79 Å². The van der Waals surface area contributed by atoms with Gasteiger partial charge in [0.15, 0.2) is 5.96 Å². The molecule has 2 aromatic rings. The topological polar surface area (TPSA) is 83.8 Å². The van der Waals surface area contributed by atoms with Crippen molar-refractivity contribution in [2.75, 3.05) is 20.1 Å². The van der Waals surface area contributed by atoms with Crippen LogP contribution in [-0.4, -0.2) is 58.5 Å². The summed E-state index contributed by atoms with van der Waals surface area (Å²) in [6.07, 6.45) is 2.42. The molecule has 1 aromatic carbocycles. The lowest BCUT2D eigenvalue weighted by Gasteiger charge is -2.23. The number of para-hydroxylation sites is 1. The Labute approximate surface area is 171 Å². The van der Waals surface area contributed by atoms with Crippen LogP contribution in [0.15, 0.2) is 47.6 Å². The van der Waals surface area contributed by atoms with Crippen LogP contribution in [0.25, 0.3) is 5.69 Å². The van der Waals surface area contributed by atoms with Crippen molar-refractivity contribution in [3.8, 4) is 5.69 Å². The van der Waals surface area contributed by atoms with Crippen molar-refractivity contribution in [1.82, 2.24) is 25.3 Å². The molecule has 3 rings (SSSR count). The summed E-state index contributed by atoms with van der Waals surface area (Å²) in [6, 6.07) is 12.0. The summed E-state index contributed by atoms with van der Waals surface area (Å²) in [5.41, 5.74) is 1.46. The molecule has 2 N–H and O–H groups in total. The number of nitrogens with one attached hydrogen (secondary N) is 2. The first-order valence-electron chi connectivity index (χ1n) is 9.89. The van der Waals surface area contributed by atoms with Gasteiger partial charge in [0, 0.05) is 26.3 Å². The number of amides is 1. The maximum Gasteiger partial charge on any atom is 0.407 e. The number of aromatic nitrogens is 2. The van der Waals surface area contributed by atoms with Crippen molar-refractivity contribution in [3.63, 3.8) is 0 Å². The minimum Gasteiger partial charge on any atom is -0.444 e. The number of aliphatic imine (C=N–C) groups is 1. The first-order valence-corrected chi connectivity index (χ1v) is 9.89. The summed E-state index contributed by atoms with van der Waals surface area (Å²) < 4.78 is 7.20. The summed E-state index contributed by atoms with van der Waals surface area (Å²) >= 11 is 0. The van der Waals surface area contributed by atoms with Crippen LogP contribution in [0.2, 0.25) is 0 Å². The Kier molecular flexibility index (Phi) is 6.41. The van der Waals surface area contributed by atoms with E-state index >= 15 is 0 Å². The molecule has 0 spiro atoms. The summed E-state index contributed by atoms with van der Waals surface area (Å²) in [5, 5.41) is 10.9. The van der Waals surface area contributed by atoms with E-state index in [0.717, 1.165) is 30.3 Å². The van der Waals surface area contributed by atoms with Gasteiger partial charge in [-0.25, -0.2) is 9.48 Å². The molecule has 29 heavy (non-hydrogen) atoms. The van der Waals surface area contributed by atoms with Gasteiger partial charge in [0.1, 0.15) is 5.60 Å². The van der Waals surface area contributed by atoms with Gasteiger partial charge < -0.3 is 20.3 Å². The largest absolute Gasteiger partial charge is 0.444 e. The predicted octanol–water partition coefficient (Wildman–Crippen LogP) is 2.55. The van der Waals surface area contributed by atoms with Crippen molar-refractivity contribution >= 4 is 12.1 Å². The molecule has 0 bridgehead atoms. The third kappa shape index (κ3) is 5.97. The lowest BCUT2D eigenvalue weighted by molar-refractivity contribution is 0.0507. The second-order valence-corrected chi connectivity index (χ2v) is 8.07. The number of nitrogens with zero attached hydrogens (tertiary/aromatic N) is 4. The molecule has 8 nitrogen and oxygen atoms in total. The zero-order valence-electron chi connectivity index (χ0n) is 17.6. The molecule has 1 amide bonds. The fourth-order valence-electron chi connectivity index (χ4n) is 3.23. The Morgan fingerprint density at radius 2 is 2.03 bits per heavy atom. The van der Waals surface area contributed by atoms with E-state index < -0.39 is 5.60 Å². The monoisotopic (exact) mass is 398 g/mol. The molecule has 2 heterocycles. The van der Waals surface area contributed by atoms with E-state index in [4.69, 9.17) is 4.74 Å². The average molecular weight is 399 g/mol. The maximum absolute atomic E-state index is 12.0. The van der Waals surface area contributed by atoms with E-state index in [2.05, 4.69) is 25.6 Å². The zero-order chi connectivity index (χ0) is 20.9. The normalized spacial score (nSPS) is 17.3. The molecule has 1 saturated heterocycles. The van der Waals surface area contributed by atoms with Crippen LogP contribution in [0.1, 0.15) is 32.9 Å². The Bertz CT molecular complexity index is 840. The molecule has 0 radical (unpaired) electrons. The molecule has 0 saturated carbocycles. The zero-order valence-corrected chi connectivity index (χ0v) is 17.6. The fourth-order valence-corrected chi connectivity index (χ4v) is 3.23. The number of likely N-dealkylation sites (tertiary alicyclic amines) is 1. The van der Waals surface area contributed by atoms with E-state index in [-0.39, 0.29) is 12.1 Å². The Morgan fingerprint density at radius 3 is 2.72 bits per heavy atom. The maximum atomic E-state index is 12.0. The number of carbonyl (C=O) groups excluding carboxylic acids is 1. The Hall–Kier alpha value is -3.03. The van der Waals surface area contributed by atoms with Gasteiger partial charge in [0.2, 0.25) is 0 Å². The van der Waals surface area contributed by atoms with Gasteiger partial charge in [0.05, 0.1) is 24.0 Å². The summed E-state index contributed by atoms with van der Waals surface area (Å²) in [7, 11) is 1.76. The second-order valence-electron chi connectivity index (χ2n) is 8.07. The van der Waals surface area contributed by atoms with Gasteiger partial charge in [0.25, 0.3) is 0 Å². The molecule has 0 unspecified atom stereocenters. The summed E-state index contributed by atoms with van der Waals surface area (Å²) in [5.74, 6) is 0.799. The van der Waals surface area contributed by atoms with Gasteiger partial charge in [-0.15, -0.1) is 0 Å². The van der Waals surface area contributed by atoms with Crippen molar-refractivity contribution in [2.24, 2.45) is 4.99 Å². The van der Waals surface area contributed by atoms with Crippen LogP contribution in [0.5, 0.6) is 0 Å². The number of hydrogen-bond donors (Lipinski definition) is 2. The molecule has 1 aromatic heterocycles. The third-order valence-corrected chi connectivity index (χ3v) is 4.51. The number of benzene rings is 1. The molecule has 8 heteroatoms. The molecule has 1 aliphatic heterocycles. The van der Waals surface area contributed by atoms with Gasteiger partial charge in [-0.1, -0.05) is 18.2 Å². The highest BCUT2D eigenvalue weighted by molar-refractivity contribution is 5.80. The van der Waals surface area contributed by atoms with Crippen LogP contribution in [-0.2, 0) is 11.3 Å². The SMILES string of the molecule is CN=C(NCc1ccn(-c2ccccc2)n1)N1CC[C@@H](NC(=O)OC(C)(C)C)C1. The first kappa shape index (κ1) is 20.7. The quantitative estimate of drug-likeness (QED) is 0.611. The first-order chi connectivity index (χ1) is 13.8. The van der Waals surface area contributed by atoms with Crippen molar-refractivity contribution in [3.05, 3.63) is 48.3 Å². The van der Waals surface area contributed by atoms with Crippen LogP contribution >= 0.6 is 0 Å². The van der Waals surface area contributed by atoms with Crippen LogP contribution in [0.3, 0.4) is 0 Å². The minimum absolute atomic E-state index is 0.0423. The fraction of sp³-hybridized carbons (Fsp3) is 0.476. The summed E-state index contributed by atoms with van der Waals surface area (Å²) in [4.78, 5) is 18.5. The molecule has 1 atom stereocenters. The van der Waals surface area contributed by atoms with Crippen molar-refractivity contribution < 1.29 is 9.53 Å². The standard InChI is InChI=1S/C21H30N6O2/c1-21(2,3)29-20(28)24-17-10-12-26(15-17)19(22-4)23-14-16-11-13-27(25-16)18-8-6-5-7-9-18/h5-9,11,13,17H,10,12,14-15H2,1-4H3,(H,22,23)(H,24,28)/t17-/m1/s1. The van der Waals surface area contributed by atoms with E-state index in [1.54, 1.807) is 7.05 Å². The molecular formula is C21H30N6O2. The average Bonchev–Trinajstić information content (AvgIpc) is 3.31. The van der Waals surface area contributed by atoms with Gasteiger partial charge in [-0.2, -0.15) is 5.10 Å². The molecule has 0 aliphatic carbocycles. The minimum atomic E-state index is -0.497. The molecular weight excluding hydrogens is 368 g/mol. The highest BCUT2D eigenvalue weighted by Crippen LogP contribution is 2.12. The number of carbonyl (C=O) groups is 1. The van der Waals surface area contributed by atoms with Crippen molar-refractivity contribution in [1.29, 1.82) is 0 Å². The van der Waals surface area contributed by atoms with Crippen LogP contribution < -0.4 is 10.6 Å². The van der Waals surface area contributed by atoms with Gasteiger partial charge in [-0.3, -0.25) is 4.99 Å². The Morgan fingerprint density at radius 1 is 1.28 bits per heavy atom. The number of ether oxygens (including phenoxy) is 1. The number of rotatable bonds is 4. The van der Waals surface area contributed by atoms with E-state index in [0.29, 0.717) is 13.1 Å². The molecule has 1 fully saturated rings. The number of hydrogen-bond acceptors (Lipinski definition) is 4. The van der Waals surface area contributed by atoms with Crippen LogP contribution in [0, 0.1) is 0 Å². The molecule has 1 aliphatic rings. The third-order valence-electron chi connectivity index (χ3n) is 4.51. The summed E-state index contributed by atoms with van der Waals surface area (Å²) in [6.45, 7) is 7.67. The number of guanidine groups is 1. The predicted molar refractivity (Wildman–Crippen MR) is 113 cm³/mol. The smallest absolute Gasteiger partial charge is 0.407 e. The lowest BCUT2D eigenvalue weighted by atomic mass is 10.2. The highest BCUT2D eigenvalue weighted by atomic mass is 16.6. The van der Waals surface area contributed by atoms with Gasteiger partial charge >= 0.3 is 6.09 Å². The molecule has 156 valence electrons. The highest BCUT2D eigenvalue weighted by Gasteiger charge is 2.27.